The van der Waals surface area contributed by atoms with Crippen molar-refractivity contribution in [2.45, 2.75) is 33.8 Å². The highest BCUT2D eigenvalue weighted by Crippen LogP contribution is 2.18. The highest BCUT2D eigenvalue weighted by atomic mass is 16.5. The third-order valence-corrected chi connectivity index (χ3v) is 3.63. The molecule has 0 saturated heterocycles. The van der Waals surface area contributed by atoms with Gasteiger partial charge < -0.3 is 4.74 Å². The molecule has 0 bridgehead atoms. The van der Waals surface area contributed by atoms with Crippen molar-refractivity contribution in [3.05, 3.63) is 64.5 Å². The number of hydrogen-bond donors (Lipinski definition) is 0. The number of esters is 1. The molecule has 1 aromatic carbocycles. The first-order chi connectivity index (χ1) is 10.4. The van der Waals surface area contributed by atoms with Crippen molar-refractivity contribution in [1.29, 1.82) is 0 Å². The second-order valence-electron chi connectivity index (χ2n) is 5.38. The molecule has 4 nitrogen and oxygen atoms in total. The SMILES string of the molecule is Cc1cc(C)c(C(=O)[C@H](C)OC(=O)c2ccccn2)cc1C. The Morgan fingerprint density at radius 3 is 2.36 bits per heavy atom. The predicted molar refractivity (Wildman–Crippen MR) is 84.1 cm³/mol. The number of benzene rings is 1. The van der Waals surface area contributed by atoms with Crippen molar-refractivity contribution in [2.24, 2.45) is 0 Å². The zero-order chi connectivity index (χ0) is 16.3. The first-order valence-electron chi connectivity index (χ1n) is 7.14. The van der Waals surface area contributed by atoms with E-state index in [1.807, 2.05) is 32.9 Å². The van der Waals surface area contributed by atoms with Crippen molar-refractivity contribution < 1.29 is 14.3 Å². The highest BCUT2D eigenvalue weighted by molar-refractivity contribution is 6.02. The molecule has 0 N–H and O–H groups in total. The number of carbonyl (C=O) groups excluding carboxylic acids is 2. The van der Waals surface area contributed by atoms with Crippen LogP contribution in [0.5, 0.6) is 0 Å². The summed E-state index contributed by atoms with van der Waals surface area (Å²) in [5.41, 5.74) is 3.83. The topological polar surface area (TPSA) is 56.3 Å². The minimum atomic E-state index is -0.852. The minimum absolute atomic E-state index is 0.193. The molecule has 1 heterocycles. The zero-order valence-corrected chi connectivity index (χ0v) is 13.2. The molecule has 0 aliphatic rings. The van der Waals surface area contributed by atoms with E-state index in [2.05, 4.69) is 4.98 Å². The van der Waals surface area contributed by atoms with Gasteiger partial charge in [0.25, 0.3) is 0 Å². The third-order valence-electron chi connectivity index (χ3n) is 3.63. The summed E-state index contributed by atoms with van der Waals surface area (Å²) in [5, 5.41) is 0. The largest absolute Gasteiger partial charge is 0.450 e. The van der Waals surface area contributed by atoms with Crippen molar-refractivity contribution in [2.75, 3.05) is 0 Å². The smallest absolute Gasteiger partial charge is 0.357 e. The molecular weight excluding hydrogens is 278 g/mol. The maximum absolute atomic E-state index is 12.5. The van der Waals surface area contributed by atoms with Crippen LogP contribution in [0, 0.1) is 20.8 Å². The molecule has 1 atom stereocenters. The summed E-state index contributed by atoms with van der Waals surface area (Å²) in [5.74, 6) is -0.798. The Hall–Kier alpha value is -2.49. The van der Waals surface area contributed by atoms with Crippen molar-refractivity contribution >= 4 is 11.8 Å². The molecule has 0 radical (unpaired) electrons. The fraction of sp³-hybridized carbons (Fsp3) is 0.278. The van der Waals surface area contributed by atoms with E-state index in [4.69, 9.17) is 4.74 Å². The Morgan fingerprint density at radius 2 is 1.73 bits per heavy atom. The van der Waals surface area contributed by atoms with E-state index >= 15 is 0 Å². The lowest BCUT2D eigenvalue weighted by molar-refractivity contribution is 0.0313. The number of hydrogen-bond acceptors (Lipinski definition) is 4. The summed E-state index contributed by atoms with van der Waals surface area (Å²) in [6, 6.07) is 8.78. The van der Waals surface area contributed by atoms with Crippen LogP contribution in [-0.4, -0.2) is 22.8 Å². The third kappa shape index (κ3) is 3.39. The maximum Gasteiger partial charge on any atom is 0.357 e. The Labute approximate surface area is 130 Å². The van der Waals surface area contributed by atoms with Crippen molar-refractivity contribution in [3.8, 4) is 0 Å². The van der Waals surface area contributed by atoms with Gasteiger partial charge in [-0.05, 0) is 62.6 Å². The number of pyridine rings is 1. The lowest BCUT2D eigenvalue weighted by Gasteiger charge is -2.15. The van der Waals surface area contributed by atoms with E-state index < -0.39 is 12.1 Å². The number of carbonyl (C=O) groups is 2. The van der Waals surface area contributed by atoms with E-state index in [9.17, 15) is 9.59 Å². The second-order valence-corrected chi connectivity index (χ2v) is 5.38. The number of rotatable bonds is 4. The summed E-state index contributed by atoms with van der Waals surface area (Å²) >= 11 is 0. The number of aryl methyl sites for hydroxylation is 3. The van der Waals surface area contributed by atoms with Gasteiger partial charge >= 0.3 is 5.97 Å². The molecule has 2 rings (SSSR count). The van der Waals surface area contributed by atoms with Gasteiger partial charge in [0.05, 0.1) is 0 Å². The molecule has 0 spiro atoms. The molecule has 0 unspecified atom stereocenters. The summed E-state index contributed by atoms with van der Waals surface area (Å²) in [7, 11) is 0. The predicted octanol–water partition coefficient (Wildman–Crippen LogP) is 3.44. The van der Waals surface area contributed by atoms with Gasteiger partial charge in [0.1, 0.15) is 5.69 Å². The molecule has 114 valence electrons. The quantitative estimate of drug-likeness (QED) is 0.641. The van der Waals surface area contributed by atoms with Crippen LogP contribution in [0.3, 0.4) is 0 Å². The summed E-state index contributed by atoms with van der Waals surface area (Å²) in [6.07, 6.45) is 0.659. The van der Waals surface area contributed by atoms with Gasteiger partial charge in [-0.25, -0.2) is 9.78 Å². The summed E-state index contributed by atoms with van der Waals surface area (Å²) < 4.78 is 5.23. The van der Waals surface area contributed by atoms with E-state index in [1.54, 1.807) is 25.1 Å². The molecule has 22 heavy (non-hydrogen) atoms. The molecule has 0 fully saturated rings. The van der Waals surface area contributed by atoms with Gasteiger partial charge in [0, 0.05) is 11.8 Å². The monoisotopic (exact) mass is 297 g/mol. The number of aromatic nitrogens is 1. The molecular formula is C18H19NO3. The van der Waals surface area contributed by atoms with Crippen molar-refractivity contribution in [3.63, 3.8) is 0 Å². The average Bonchev–Trinajstić information content (AvgIpc) is 2.51. The van der Waals surface area contributed by atoms with Crippen LogP contribution in [0.25, 0.3) is 0 Å². The van der Waals surface area contributed by atoms with Crippen LogP contribution in [0.15, 0.2) is 36.5 Å². The Bertz CT molecular complexity index is 708. The van der Waals surface area contributed by atoms with E-state index in [0.29, 0.717) is 5.56 Å². The second kappa shape index (κ2) is 6.52. The zero-order valence-electron chi connectivity index (χ0n) is 13.2. The molecule has 2 aromatic rings. The van der Waals surface area contributed by atoms with Gasteiger partial charge in [0.15, 0.2) is 6.10 Å². The van der Waals surface area contributed by atoms with Gasteiger partial charge in [-0.1, -0.05) is 12.1 Å². The van der Waals surface area contributed by atoms with Gasteiger partial charge in [-0.2, -0.15) is 0 Å². The summed E-state index contributed by atoms with van der Waals surface area (Å²) in [6.45, 7) is 7.42. The number of nitrogens with zero attached hydrogens (tertiary/aromatic N) is 1. The lowest BCUT2D eigenvalue weighted by Crippen LogP contribution is -2.25. The van der Waals surface area contributed by atoms with Crippen LogP contribution in [0.4, 0.5) is 0 Å². The Kier molecular flexibility index (Phi) is 4.71. The van der Waals surface area contributed by atoms with Gasteiger partial charge in [-0.15, -0.1) is 0 Å². The molecule has 0 aliphatic carbocycles. The van der Waals surface area contributed by atoms with Crippen LogP contribution in [0.1, 0.15) is 44.5 Å². The number of ketones is 1. The van der Waals surface area contributed by atoms with Gasteiger partial charge in [0.2, 0.25) is 5.78 Å². The fourth-order valence-corrected chi connectivity index (χ4v) is 2.20. The van der Waals surface area contributed by atoms with E-state index in [1.165, 1.54) is 6.20 Å². The number of Topliss-reactive ketones (excluding diaryl/α,β-unsaturated/α-hetero) is 1. The van der Waals surface area contributed by atoms with Crippen molar-refractivity contribution in [1.82, 2.24) is 4.98 Å². The normalized spacial score (nSPS) is 11.8. The van der Waals surface area contributed by atoms with Gasteiger partial charge in [-0.3, -0.25) is 4.79 Å². The highest BCUT2D eigenvalue weighted by Gasteiger charge is 2.22. The maximum atomic E-state index is 12.5. The van der Waals surface area contributed by atoms with Crippen LogP contribution in [0.2, 0.25) is 0 Å². The van der Waals surface area contributed by atoms with E-state index in [0.717, 1.165) is 16.7 Å². The first-order valence-corrected chi connectivity index (χ1v) is 7.14. The average molecular weight is 297 g/mol. The Morgan fingerprint density at radius 1 is 1.05 bits per heavy atom. The molecule has 0 saturated carbocycles. The minimum Gasteiger partial charge on any atom is -0.450 e. The Balaban J connectivity index is 2.16. The molecule has 0 aliphatic heterocycles. The molecule has 0 amide bonds. The first kappa shape index (κ1) is 15.9. The standard InChI is InChI=1S/C18H19NO3/c1-11-9-13(3)15(10-12(11)2)17(20)14(4)22-18(21)16-7-5-6-8-19-16/h5-10,14H,1-4H3/t14-/m0/s1. The molecule has 1 aromatic heterocycles. The van der Waals surface area contributed by atoms with Crippen LogP contribution in [-0.2, 0) is 4.74 Å². The number of ether oxygens (including phenoxy) is 1. The van der Waals surface area contributed by atoms with Crippen LogP contribution < -0.4 is 0 Å². The lowest BCUT2D eigenvalue weighted by atomic mass is 9.96. The summed E-state index contributed by atoms with van der Waals surface area (Å²) in [4.78, 5) is 28.4. The fourth-order valence-electron chi connectivity index (χ4n) is 2.20. The van der Waals surface area contributed by atoms with Crippen LogP contribution >= 0.6 is 0 Å². The van der Waals surface area contributed by atoms with E-state index in [-0.39, 0.29) is 11.5 Å². The molecule has 4 heteroatoms.